The summed E-state index contributed by atoms with van der Waals surface area (Å²) < 4.78 is 34.7. The summed E-state index contributed by atoms with van der Waals surface area (Å²) in [5, 5.41) is 26.7. The molecule has 2 aromatic heterocycles. The highest BCUT2D eigenvalue weighted by Gasteiger charge is 2.36. The molecule has 0 radical (unpaired) electrons. The minimum Gasteiger partial charge on any atom is -0.465 e. The van der Waals surface area contributed by atoms with E-state index in [1.165, 1.54) is 12.3 Å². The second-order valence-corrected chi connectivity index (χ2v) is 8.33. The molecule has 1 aliphatic heterocycles. The monoisotopic (exact) mass is 473 g/mol. The molecule has 0 spiro atoms. The summed E-state index contributed by atoms with van der Waals surface area (Å²) in [5.74, 6) is -1.02. The van der Waals surface area contributed by atoms with Crippen LogP contribution in [-0.2, 0) is 4.74 Å². The maximum absolute atomic E-state index is 14.7. The fourth-order valence-electron chi connectivity index (χ4n) is 3.96. The molecule has 180 valence electrons. The number of hydrogen-bond donors (Lipinski definition) is 4. The molecule has 2 atom stereocenters. The Bertz CT molecular complexity index is 1100. The molecule has 4 rings (SSSR count). The summed E-state index contributed by atoms with van der Waals surface area (Å²) in [4.78, 5) is 21.2. The van der Waals surface area contributed by atoms with E-state index in [1.807, 2.05) is 6.07 Å². The molecule has 2 fully saturated rings. The molecule has 1 saturated heterocycles. The number of anilines is 4. The van der Waals surface area contributed by atoms with Crippen molar-refractivity contribution in [1.29, 1.82) is 5.26 Å². The lowest BCUT2D eigenvalue weighted by Crippen LogP contribution is -2.45. The van der Waals surface area contributed by atoms with Crippen LogP contribution in [0.3, 0.4) is 0 Å². The lowest BCUT2D eigenvalue weighted by atomic mass is 10.0. The topological polar surface area (TPSA) is 135 Å². The molecule has 4 N–H and O–H groups in total. The minimum absolute atomic E-state index is 0.0279. The van der Waals surface area contributed by atoms with E-state index < -0.39 is 23.8 Å². The van der Waals surface area contributed by atoms with Crippen molar-refractivity contribution in [3.8, 4) is 6.07 Å². The first-order valence-electron chi connectivity index (χ1n) is 11.0. The average Bonchev–Trinajstić information content (AvgIpc) is 3.64. The van der Waals surface area contributed by atoms with Gasteiger partial charge in [-0.1, -0.05) is 0 Å². The Labute approximate surface area is 194 Å². The van der Waals surface area contributed by atoms with Crippen LogP contribution in [0.4, 0.5) is 36.7 Å². The molecule has 1 aliphatic carbocycles. The Morgan fingerprint density at radius 3 is 2.62 bits per heavy atom. The standard InChI is InChI=1S/C22H25F2N7O3/c1-12(27-22(32)33)18(13-2-3-13)29-20-16(23)8-14(10-25)19(30-20)28-15-9-17(24)21(26-11-15)31-4-6-34-7-5-31/h8-9,11-13,18,27H,2-7H2,1H3,(H,32,33)(H2,28,29,30)/t12-,18-/m0/s1. The Morgan fingerprint density at radius 1 is 1.26 bits per heavy atom. The van der Waals surface area contributed by atoms with Crippen LogP contribution in [0.15, 0.2) is 18.3 Å². The Kier molecular flexibility index (Phi) is 6.93. The van der Waals surface area contributed by atoms with E-state index in [-0.39, 0.29) is 40.7 Å². The van der Waals surface area contributed by atoms with Crippen LogP contribution in [0.1, 0.15) is 25.3 Å². The highest BCUT2D eigenvalue weighted by Crippen LogP contribution is 2.36. The van der Waals surface area contributed by atoms with Gasteiger partial charge in [-0.25, -0.2) is 23.5 Å². The summed E-state index contributed by atoms with van der Waals surface area (Å²) in [6.07, 6.45) is 2.00. The Morgan fingerprint density at radius 2 is 2.00 bits per heavy atom. The number of morpholine rings is 1. The van der Waals surface area contributed by atoms with Gasteiger partial charge in [-0.2, -0.15) is 5.26 Å². The second kappa shape index (κ2) is 10.0. The van der Waals surface area contributed by atoms with E-state index >= 15 is 0 Å². The van der Waals surface area contributed by atoms with Gasteiger partial charge in [-0.05, 0) is 31.7 Å². The van der Waals surface area contributed by atoms with Crippen LogP contribution in [0, 0.1) is 28.9 Å². The lowest BCUT2D eigenvalue weighted by molar-refractivity contribution is 0.122. The highest BCUT2D eigenvalue weighted by atomic mass is 19.1. The molecule has 34 heavy (non-hydrogen) atoms. The number of nitrogens with zero attached hydrogens (tertiary/aromatic N) is 4. The number of amides is 1. The zero-order valence-corrected chi connectivity index (χ0v) is 18.5. The summed E-state index contributed by atoms with van der Waals surface area (Å²) in [7, 11) is 0. The molecule has 0 aromatic carbocycles. The zero-order valence-electron chi connectivity index (χ0n) is 18.5. The molecule has 10 nitrogen and oxygen atoms in total. The fraction of sp³-hybridized carbons (Fsp3) is 0.455. The molecule has 0 bridgehead atoms. The van der Waals surface area contributed by atoms with Gasteiger partial charge in [-0.15, -0.1) is 0 Å². The molecule has 2 aliphatic rings. The molecular formula is C22H25F2N7O3. The van der Waals surface area contributed by atoms with Gasteiger partial charge >= 0.3 is 6.09 Å². The van der Waals surface area contributed by atoms with Gasteiger partial charge in [0.15, 0.2) is 29.1 Å². The van der Waals surface area contributed by atoms with Gasteiger partial charge in [0.05, 0.1) is 36.7 Å². The Hall–Kier alpha value is -3.72. The van der Waals surface area contributed by atoms with Gasteiger partial charge in [0.25, 0.3) is 0 Å². The third-order valence-electron chi connectivity index (χ3n) is 5.81. The number of aromatic nitrogens is 2. The summed E-state index contributed by atoms with van der Waals surface area (Å²) >= 11 is 0. The van der Waals surface area contributed by atoms with Gasteiger partial charge in [0.2, 0.25) is 0 Å². The molecule has 2 aromatic rings. The van der Waals surface area contributed by atoms with Crippen LogP contribution >= 0.6 is 0 Å². The van der Waals surface area contributed by atoms with Crippen LogP contribution in [0.2, 0.25) is 0 Å². The third-order valence-corrected chi connectivity index (χ3v) is 5.81. The number of ether oxygens (including phenoxy) is 1. The highest BCUT2D eigenvalue weighted by molar-refractivity contribution is 5.67. The molecule has 3 heterocycles. The van der Waals surface area contributed by atoms with Crippen molar-refractivity contribution in [2.24, 2.45) is 5.92 Å². The van der Waals surface area contributed by atoms with Crippen molar-refractivity contribution in [2.45, 2.75) is 31.8 Å². The van der Waals surface area contributed by atoms with Gasteiger partial charge in [-0.3, -0.25) is 0 Å². The van der Waals surface area contributed by atoms with Gasteiger partial charge in [0.1, 0.15) is 6.07 Å². The number of carbonyl (C=O) groups is 1. The summed E-state index contributed by atoms with van der Waals surface area (Å²) in [6, 6.07) is 3.27. The van der Waals surface area contributed by atoms with E-state index in [0.29, 0.717) is 26.3 Å². The minimum atomic E-state index is -1.18. The van der Waals surface area contributed by atoms with E-state index in [9.17, 15) is 18.8 Å². The van der Waals surface area contributed by atoms with Crippen molar-refractivity contribution in [3.05, 3.63) is 35.5 Å². The van der Waals surface area contributed by atoms with Crippen molar-refractivity contribution in [2.75, 3.05) is 41.8 Å². The van der Waals surface area contributed by atoms with E-state index in [4.69, 9.17) is 9.84 Å². The van der Waals surface area contributed by atoms with Crippen LogP contribution < -0.4 is 20.9 Å². The molecule has 1 amide bonds. The third kappa shape index (κ3) is 5.43. The number of rotatable bonds is 8. The van der Waals surface area contributed by atoms with E-state index in [1.54, 1.807) is 11.8 Å². The largest absolute Gasteiger partial charge is 0.465 e. The first-order valence-corrected chi connectivity index (χ1v) is 11.0. The summed E-state index contributed by atoms with van der Waals surface area (Å²) in [6.45, 7) is 3.73. The smallest absolute Gasteiger partial charge is 0.404 e. The van der Waals surface area contributed by atoms with Gasteiger partial charge < -0.3 is 30.7 Å². The normalized spacial score (nSPS) is 17.4. The number of carboxylic acid groups (broad SMARTS) is 1. The zero-order chi connectivity index (χ0) is 24.2. The number of nitriles is 1. The van der Waals surface area contributed by atoms with E-state index in [2.05, 4.69) is 25.9 Å². The first-order chi connectivity index (χ1) is 16.4. The predicted molar refractivity (Wildman–Crippen MR) is 120 cm³/mol. The SMILES string of the molecule is C[C@H](NC(=O)O)[C@H](Nc1nc(Nc2cnc(N3CCOCC3)c(F)c2)c(C#N)cc1F)C1CC1. The number of nitrogens with one attached hydrogen (secondary N) is 3. The second-order valence-electron chi connectivity index (χ2n) is 8.33. The van der Waals surface area contributed by atoms with Crippen molar-refractivity contribution in [3.63, 3.8) is 0 Å². The number of hydrogen-bond acceptors (Lipinski definition) is 8. The van der Waals surface area contributed by atoms with Crippen LogP contribution in [0.5, 0.6) is 0 Å². The summed E-state index contributed by atoms with van der Waals surface area (Å²) in [5.41, 5.74) is 0.177. The number of pyridine rings is 2. The molecular weight excluding hydrogens is 448 g/mol. The fourth-order valence-corrected chi connectivity index (χ4v) is 3.96. The van der Waals surface area contributed by atoms with E-state index in [0.717, 1.165) is 18.9 Å². The lowest BCUT2D eigenvalue weighted by Gasteiger charge is -2.28. The van der Waals surface area contributed by atoms with Crippen molar-refractivity contribution in [1.82, 2.24) is 15.3 Å². The first kappa shape index (κ1) is 23.4. The maximum atomic E-state index is 14.7. The van der Waals surface area contributed by atoms with Crippen LogP contribution in [0.25, 0.3) is 0 Å². The van der Waals surface area contributed by atoms with Crippen molar-refractivity contribution < 1.29 is 23.4 Å². The predicted octanol–water partition coefficient (Wildman–Crippen LogP) is 3.05. The Balaban J connectivity index is 1.56. The van der Waals surface area contributed by atoms with Gasteiger partial charge in [0, 0.05) is 25.2 Å². The molecule has 1 saturated carbocycles. The van der Waals surface area contributed by atoms with Crippen LogP contribution in [-0.4, -0.2) is 59.6 Å². The molecule has 12 heteroatoms. The molecule has 0 unspecified atom stereocenters. The quantitative estimate of drug-likeness (QED) is 0.456. The maximum Gasteiger partial charge on any atom is 0.404 e. The average molecular weight is 473 g/mol. The number of halogens is 2. The van der Waals surface area contributed by atoms with Crippen molar-refractivity contribution >= 4 is 29.2 Å².